The highest BCUT2D eigenvalue weighted by molar-refractivity contribution is 5.93. The Labute approximate surface area is 135 Å². The molecule has 1 aliphatic heterocycles. The van der Waals surface area contributed by atoms with Gasteiger partial charge in [0, 0.05) is 45.4 Å². The Hall–Kier alpha value is -2.15. The number of imidazole rings is 1. The molecule has 3 rings (SSSR count). The van der Waals surface area contributed by atoms with Crippen LogP contribution in [0, 0.1) is 19.8 Å². The van der Waals surface area contributed by atoms with Crippen LogP contribution in [-0.2, 0) is 11.8 Å². The van der Waals surface area contributed by atoms with Crippen LogP contribution >= 0.6 is 0 Å². The van der Waals surface area contributed by atoms with Gasteiger partial charge in [0.15, 0.2) is 11.6 Å². The van der Waals surface area contributed by atoms with Crippen molar-refractivity contribution in [3.63, 3.8) is 0 Å². The number of carbonyl (C=O) groups excluding carboxylic acids is 1. The van der Waals surface area contributed by atoms with Crippen molar-refractivity contribution in [2.24, 2.45) is 13.0 Å². The second-order valence-corrected chi connectivity index (χ2v) is 5.94. The highest BCUT2D eigenvalue weighted by Gasteiger charge is 2.31. The van der Waals surface area contributed by atoms with Gasteiger partial charge >= 0.3 is 0 Å². The zero-order valence-corrected chi connectivity index (χ0v) is 13.7. The lowest BCUT2D eigenvalue weighted by molar-refractivity contribution is -0.0337. The van der Waals surface area contributed by atoms with Crippen LogP contribution in [0.25, 0.3) is 0 Å². The van der Waals surface area contributed by atoms with Crippen LogP contribution < -0.4 is 5.32 Å². The van der Waals surface area contributed by atoms with E-state index < -0.39 is 0 Å². The van der Waals surface area contributed by atoms with E-state index in [1.165, 1.54) is 0 Å². The molecule has 0 radical (unpaired) electrons. The Kier molecular flexibility index (Phi) is 4.47. The maximum atomic E-state index is 12.3. The Morgan fingerprint density at radius 1 is 1.48 bits per heavy atom. The fourth-order valence-electron chi connectivity index (χ4n) is 3.04. The largest absolute Gasteiger partial charge is 0.445 e. The molecule has 0 bridgehead atoms. The van der Waals surface area contributed by atoms with E-state index in [4.69, 9.17) is 9.15 Å². The molecule has 2 aromatic heterocycles. The molecule has 2 atom stereocenters. The maximum Gasteiger partial charge on any atom is 0.273 e. The van der Waals surface area contributed by atoms with E-state index >= 15 is 0 Å². The first-order valence-corrected chi connectivity index (χ1v) is 7.87. The summed E-state index contributed by atoms with van der Waals surface area (Å²) in [6, 6.07) is 0. The minimum Gasteiger partial charge on any atom is -0.445 e. The molecule has 1 aliphatic rings. The van der Waals surface area contributed by atoms with Crippen molar-refractivity contribution in [3.05, 3.63) is 35.6 Å². The number of aromatic nitrogens is 3. The Morgan fingerprint density at radius 3 is 2.96 bits per heavy atom. The summed E-state index contributed by atoms with van der Waals surface area (Å²) in [5.41, 5.74) is 0.354. The van der Waals surface area contributed by atoms with Crippen molar-refractivity contribution >= 4 is 5.91 Å². The van der Waals surface area contributed by atoms with Gasteiger partial charge in [-0.2, -0.15) is 0 Å². The molecular weight excluding hydrogens is 296 g/mol. The van der Waals surface area contributed by atoms with Crippen LogP contribution in [0.5, 0.6) is 0 Å². The number of carbonyl (C=O) groups is 1. The first kappa shape index (κ1) is 15.7. The second-order valence-electron chi connectivity index (χ2n) is 5.94. The molecule has 1 saturated heterocycles. The SMILES string of the molecule is Cc1nc(C(=O)NC[C@@H]2CCCO[C@H]2c2nccn2C)c(C)o1. The lowest BCUT2D eigenvalue weighted by Gasteiger charge is -2.31. The number of hydrogen-bond acceptors (Lipinski definition) is 5. The zero-order chi connectivity index (χ0) is 16.4. The summed E-state index contributed by atoms with van der Waals surface area (Å²) in [5.74, 6) is 1.93. The molecule has 1 N–H and O–H groups in total. The lowest BCUT2D eigenvalue weighted by atomic mass is 9.93. The summed E-state index contributed by atoms with van der Waals surface area (Å²) in [6.45, 7) is 4.73. The van der Waals surface area contributed by atoms with E-state index in [0.29, 0.717) is 23.9 Å². The first-order valence-electron chi connectivity index (χ1n) is 7.87. The van der Waals surface area contributed by atoms with Crippen molar-refractivity contribution in [2.75, 3.05) is 13.2 Å². The van der Waals surface area contributed by atoms with Gasteiger partial charge in [0.25, 0.3) is 5.91 Å². The number of oxazole rings is 1. The second kappa shape index (κ2) is 6.54. The maximum absolute atomic E-state index is 12.3. The summed E-state index contributed by atoms with van der Waals surface area (Å²) >= 11 is 0. The molecule has 7 nitrogen and oxygen atoms in total. The molecule has 1 fully saturated rings. The molecule has 23 heavy (non-hydrogen) atoms. The number of amides is 1. The molecule has 3 heterocycles. The molecule has 2 aromatic rings. The smallest absolute Gasteiger partial charge is 0.273 e. The number of nitrogens with one attached hydrogen (secondary N) is 1. The van der Waals surface area contributed by atoms with E-state index in [1.54, 1.807) is 20.0 Å². The summed E-state index contributed by atoms with van der Waals surface area (Å²) < 4.78 is 13.2. The third-order valence-corrected chi connectivity index (χ3v) is 4.20. The van der Waals surface area contributed by atoms with Crippen molar-refractivity contribution < 1.29 is 13.9 Å². The summed E-state index contributed by atoms with van der Waals surface area (Å²) in [5, 5.41) is 2.96. The minimum absolute atomic E-state index is 0.0933. The number of rotatable bonds is 4. The average Bonchev–Trinajstić information content (AvgIpc) is 3.10. The zero-order valence-electron chi connectivity index (χ0n) is 13.7. The van der Waals surface area contributed by atoms with Crippen LogP contribution in [0.3, 0.4) is 0 Å². The molecule has 0 aromatic carbocycles. The van der Waals surface area contributed by atoms with Gasteiger partial charge in [0.2, 0.25) is 0 Å². The summed E-state index contributed by atoms with van der Waals surface area (Å²) in [6.07, 6.45) is 5.57. The number of aryl methyl sites for hydroxylation is 3. The molecule has 7 heteroatoms. The average molecular weight is 318 g/mol. The topological polar surface area (TPSA) is 82.2 Å². The summed E-state index contributed by atoms with van der Waals surface area (Å²) in [7, 11) is 1.96. The molecular formula is C16H22N4O3. The van der Waals surface area contributed by atoms with E-state index in [1.807, 2.05) is 17.8 Å². The Morgan fingerprint density at radius 2 is 2.30 bits per heavy atom. The van der Waals surface area contributed by atoms with Gasteiger partial charge in [-0.15, -0.1) is 0 Å². The predicted molar refractivity (Wildman–Crippen MR) is 82.9 cm³/mol. The van der Waals surface area contributed by atoms with Crippen molar-refractivity contribution in [3.8, 4) is 0 Å². The van der Waals surface area contributed by atoms with E-state index in [0.717, 1.165) is 25.3 Å². The Balaban J connectivity index is 1.67. The standard InChI is InChI=1S/C16H22N4O3/c1-10-13(19-11(2)23-10)16(21)18-9-12-5-4-8-22-14(12)15-17-6-7-20(15)3/h6-7,12,14H,4-5,8-9H2,1-3H3,(H,18,21)/t12-,14+/m0/s1. The van der Waals surface area contributed by atoms with Gasteiger partial charge in [-0.1, -0.05) is 0 Å². The van der Waals surface area contributed by atoms with Gasteiger partial charge in [0.05, 0.1) is 0 Å². The number of hydrogen-bond donors (Lipinski definition) is 1. The van der Waals surface area contributed by atoms with Crippen LogP contribution in [0.4, 0.5) is 0 Å². The molecule has 0 aliphatic carbocycles. The third kappa shape index (κ3) is 3.29. The van der Waals surface area contributed by atoms with Gasteiger partial charge in [0.1, 0.15) is 17.7 Å². The van der Waals surface area contributed by atoms with Crippen molar-refractivity contribution in [2.45, 2.75) is 32.8 Å². The molecule has 0 spiro atoms. The number of nitrogens with zero attached hydrogens (tertiary/aromatic N) is 3. The highest BCUT2D eigenvalue weighted by Crippen LogP contribution is 2.32. The van der Waals surface area contributed by atoms with Gasteiger partial charge < -0.3 is 19.0 Å². The van der Waals surface area contributed by atoms with Crippen LogP contribution in [0.2, 0.25) is 0 Å². The van der Waals surface area contributed by atoms with Crippen LogP contribution in [0.1, 0.15) is 46.9 Å². The predicted octanol–water partition coefficient (Wildman–Crippen LogP) is 1.92. The molecule has 0 unspecified atom stereocenters. The van der Waals surface area contributed by atoms with Gasteiger partial charge in [-0.25, -0.2) is 9.97 Å². The molecule has 124 valence electrons. The first-order chi connectivity index (χ1) is 11.1. The number of ether oxygens (including phenoxy) is 1. The van der Waals surface area contributed by atoms with Crippen molar-refractivity contribution in [1.82, 2.24) is 19.9 Å². The fraction of sp³-hybridized carbons (Fsp3) is 0.562. The van der Waals surface area contributed by atoms with Gasteiger partial charge in [-0.05, 0) is 19.8 Å². The molecule has 1 amide bonds. The minimum atomic E-state index is -0.205. The normalized spacial score (nSPS) is 21.3. The van der Waals surface area contributed by atoms with Crippen molar-refractivity contribution in [1.29, 1.82) is 0 Å². The fourth-order valence-corrected chi connectivity index (χ4v) is 3.04. The molecule has 0 saturated carbocycles. The lowest BCUT2D eigenvalue weighted by Crippen LogP contribution is -2.36. The van der Waals surface area contributed by atoms with E-state index in [2.05, 4.69) is 15.3 Å². The Bertz CT molecular complexity index is 691. The van der Waals surface area contributed by atoms with Crippen LogP contribution in [-0.4, -0.2) is 33.6 Å². The van der Waals surface area contributed by atoms with E-state index in [-0.39, 0.29) is 17.9 Å². The monoisotopic (exact) mass is 318 g/mol. The third-order valence-electron chi connectivity index (χ3n) is 4.20. The quantitative estimate of drug-likeness (QED) is 0.931. The summed E-state index contributed by atoms with van der Waals surface area (Å²) in [4.78, 5) is 20.8. The highest BCUT2D eigenvalue weighted by atomic mass is 16.5. The van der Waals surface area contributed by atoms with Crippen LogP contribution in [0.15, 0.2) is 16.8 Å². The van der Waals surface area contributed by atoms with E-state index in [9.17, 15) is 4.79 Å². The van der Waals surface area contributed by atoms with Gasteiger partial charge in [-0.3, -0.25) is 4.79 Å².